The molecule has 1 atom stereocenters. The van der Waals surface area contributed by atoms with Gasteiger partial charge in [0.2, 0.25) is 11.7 Å². The first-order valence-corrected chi connectivity index (χ1v) is 5.94. The Morgan fingerprint density at radius 3 is 2.88 bits per heavy atom. The Labute approximate surface area is 98.1 Å². The van der Waals surface area contributed by atoms with Gasteiger partial charge in [-0.25, -0.2) is 4.98 Å². The van der Waals surface area contributed by atoms with Crippen LogP contribution in [0.1, 0.15) is 29.6 Å². The minimum atomic E-state index is -0.507. The minimum Gasteiger partial charge on any atom is -0.346 e. The highest BCUT2D eigenvalue weighted by Gasteiger charge is 2.22. The largest absolute Gasteiger partial charge is 0.346 e. The van der Waals surface area contributed by atoms with Gasteiger partial charge in [0.15, 0.2) is 5.01 Å². The Bertz CT molecular complexity index is 351. The third-order valence-corrected chi connectivity index (χ3v) is 2.82. The zero-order valence-corrected chi connectivity index (χ0v) is 9.92. The van der Waals surface area contributed by atoms with Crippen LogP contribution in [0.25, 0.3) is 0 Å². The second kappa shape index (κ2) is 6.34. The van der Waals surface area contributed by atoms with Crippen LogP contribution in [0.3, 0.4) is 0 Å². The lowest BCUT2D eigenvalue weighted by Crippen LogP contribution is -2.40. The van der Waals surface area contributed by atoms with Crippen LogP contribution in [-0.4, -0.2) is 29.3 Å². The number of rotatable bonds is 6. The topological polar surface area (TPSA) is 85.1 Å². The van der Waals surface area contributed by atoms with Crippen molar-refractivity contribution < 1.29 is 9.59 Å². The van der Waals surface area contributed by atoms with Crippen LogP contribution in [0, 0.1) is 0 Å². The van der Waals surface area contributed by atoms with E-state index in [9.17, 15) is 9.59 Å². The monoisotopic (exact) mass is 241 g/mol. The molecule has 0 saturated carbocycles. The molecule has 1 rings (SSSR count). The number of amides is 1. The summed E-state index contributed by atoms with van der Waals surface area (Å²) in [5.41, 5.74) is 5.39. The lowest BCUT2D eigenvalue weighted by molar-refractivity contribution is -0.119. The van der Waals surface area contributed by atoms with E-state index >= 15 is 0 Å². The summed E-state index contributed by atoms with van der Waals surface area (Å²) in [6, 6.07) is -0.507. The molecule has 0 unspecified atom stereocenters. The van der Waals surface area contributed by atoms with E-state index in [4.69, 9.17) is 5.73 Å². The van der Waals surface area contributed by atoms with Crippen molar-refractivity contribution >= 4 is 23.0 Å². The third-order valence-electron chi connectivity index (χ3n) is 2.03. The number of aromatic nitrogens is 1. The van der Waals surface area contributed by atoms with Crippen molar-refractivity contribution in [3.8, 4) is 0 Å². The molecule has 1 heterocycles. The second-order valence-electron chi connectivity index (χ2n) is 3.39. The van der Waals surface area contributed by atoms with Gasteiger partial charge in [-0.05, 0) is 19.4 Å². The molecular formula is C10H15N3O2S. The molecule has 16 heavy (non-hydrogen) atoms. The summed E-state index contributed by atoms with van der Waals surface area (Å²) in [5, 5.41) is 4.79. The highest BCUT2D eigenvalue weighted by Crippen LogP contribution is 2.10. The maximum absolute atomic E-state index is 11.9. The summed E-state index contributed by atoms with van der Waals surface area (Å²) in [5.74, 6) is -0.356. The van der Waals surface area contributed by atoms with Crippen molar-refractivity contribution in [2.45, 2.75) is 25.8 Å². The predicted octanol–water partition coefficient (Wildman–Crippen LogP) is 0.569. The molecule has 0 aliphatic carbocycles. The summed E-state index contributed by atoms with van der Waals surface area (Å²) < 4.78 is 0. The molecule has 1 amide bonds. The van der Waals surface area contributed by atoms with E-state index in [1.54, 1.807) is 11.6 Å². The van der Waals surface area contributed by atoms with Crippen LogP contribution in [-0.2, 0) is 4.79 Å². The Kier molecular flexibility index (Phi) is 5.07. The highest BCUT2D eigenvalue weighted by molar-refractivity contribution is 7.11. The summed E-state index contributed by atoms with van der Waals surface area (Å²) in [6.45, 7) is 1.89. The van der Waals surface area contributed by atoms with Gasteiger partial charge in [0, 0.05) is 18.5 Å². The Morgan fingerprint density at radius 1 is 1.62 bits per heavy atom. The average Bonchev–Trinajstić information content (AvgIpc) is 2.76. The number of Topliss-reactive ketones (excluding diaryl/α,β-unsaturated/α-hetero) is 1. The van der Waals surface area contributed by atoms with Gasteiger partial charge >= 0.3 is 0 Å². The molecule has 0 radical (unpaired) electrons. The van der Waals surface area contributed by atoms with Gasteiger partial charge in [-0.15, -0.1) is 11.3 Å². The molecule has 0 aliphatic rings. The number of hydrogen-bond donors (Lipinski definition) is 2. The molecule has 88 valence electrons. The summed E-state index contributed by atoms with van der Waals surface area (Å²) in [4.78, 5) is 26.9. The lowest BCUT2D eigenvalue weighted by atomic mass is 10.1. The molecule has 6 heteroatoms. The fourth-order valence-electron chi connectivity index (χ4n) is 1.33. The van der Waals surface area contributed by atoms with E-state index in [0.29, 0.717) is 24.4 Å². The molecule has 1 aromatic heterocycles. The normalized spacial score (nSPS) is 12.1. The van der Waals surface area contributed by atoms with Gasteiger partial charge in [-0.3, -0.25) is 9.59 Å². The van der Waals surface area contributed by atoms with Crippen molar-refractivity contribution in [2.75, 3.05) is 6.54 Å². The highest BCUT2D eigenvalue weighted by atomic mass is 32.1. The van der Waals surface area contributed by atoms with E-state index in [1.165, 1.54) is 18.3 Å². The molecule has 0 spiro atoms. The smallest absolute Gasteiger partial charge is 0.217 e. The van der Waals surface area contributed by atoms with Gasteiger partial charge in [0.05, 0.1) is 6.04 Å². The first-order valence-electron chi connectivity index (χ1n) is 5.06. The van der Waals surface area contributed by atoms with Crippen molar-refractivity contribution in [1.29, 1.82) is 0 Å². The number of ketones is 1. The van der Waals surface area contributed by atoms with Crippen LogP contribution >= 0.6 is 11.3 Å². The SMILES string of the molecule is CC(=O)N[C@@H](CCCN)C(=O)c1nccs1. The van der Waals surface area contributed by atoms with E-state index < -0.39 is 6.04 Å². The minimum absolute atomic E-state index is 0.140. The van der Waals surface area contributed by atoms with E-state index in [-0.39, 0.29) is 11.7 Å². The summed E-state index contributed by atoms with van der Waals surface area (Å²) in [7, 11) is 0. The Balaban J connectivity index is 2.67. The zero-order chi connectivity index (χ0) is 12.0. The van der Waals surface area contributed by atoms with Crippen molar-refractivity contribution in [2.24, 2.45) is 5.73 Å². The van der Waals surface area contributed by atoms with E-state index in [0.717, 1.165) is 0 Å². The number of carbonyl (C=O) groups excluding carboxylic acids is 2. The maximum Gasteiger partial charge on any atom is 0.217 e. The van der Waals surface area contributed by atoms with Gasteiger partial charge in [0.25, 0.3) is 0 Å². The molecule has 0 fully saturated rings. The van der Waals surface area contributed by atoms with E-state index in [1.807, 2.05) is 0 Å². The molecule has 0 aromatic carbocycles. The van der Waals surface area contributed by atoms with Gasteiger partial charge in [-0.1, -0.05) is 0 Å². The van der Waals surface area contributed by atoms with Crippen molar-refractivity contribution in [3.05, 3.63) is 16.6 Å². The first kappa shape index (κ1) is 12.8. The number of nitrogens with two attached hydrogens (primary N) is 1. The van der Waals surface area contributed by atoms with Gasteiger partial charge in [0.1, 0.15) is 0 Å². The number of carbonyl (C=O) groups is 2. The lowest BCUT2D eigenvalue weighted by Gasteiger charge is -2.14. The molecule has 1 aromatic rings. The summed E-state index contributed by atoms with van der Waals surface area (Å²) >= 11 is 1.28. The van der Waals surface area contributed by atoms with Crippen LogP contribution < -0.4 is 11.1 Å². The predicted molar refractivity (Wildman–Crippen MR) is 62.3 cm³/mol. The molecular weight excluding hydrogens is 226 g/mol. The van der Waals surface area contributed by atoms with Crippen LogP contribution in [0.4, 0.5) is 0 Å². The second-order valence-corrected chi connectivity index (χ2v) is 4.28. The number of nitrogens with one attached hydrogen (secondary N) is 1. The molecule has 0 saturated heterocycles. The third kappa shape index (κ3) is 3.71. The van der Waals surface area contributed by atoms with Crippen molar-refractivity contribution in [3.63, 3.8) is 0 Å². The Hall–Kier alpha value is -1.27. The number of hydrogen-bond acceptors (Lipinski definition) is 5. The van der Waals surface area contributed by atoms with Gasteiger partial charge in [-0.2, -0.15) is 0 Å². The van der Waals surface area contributed by atoms with Gasteiger partial charge < -0.3 is 11.1 Å². The Morgan fingerprint density at radius 2 is 2.38 bits per heavy atom. The summed E-state index contributed by atoms with van der Waals surface area (Å²) in [6.07, 6.45) is 2.82. The molecule has 0 bridgehead atoms. The number of nitrogens with zero attached hydrogens (tertiary/aromatic N) is 1. The quantitative estimate of drug-likeness (QED) is 0.713. The van der Waals surface area contributed by atoms with Crippen LogP contribution in [0.5, 0.6) is 0 Å². The molecule has 5 nitrogen and oxygen atoms in total. The molecule has 0 aliphatic heterocycles. The standard InChI is InChI=1S/C10H15N3O2S/c1-7(14)13-8(3-2-4-11)9(15)10-12-5-6-16-10/h5-6,8H,2-4,11H2,1H3,(H,13,14)/t8-/m0/s1. The van der Waals surface area contributed by atoms with Crippen LogP contribution in [0.15, 0.2) is 11.6 Å². The number of thiazole rings is 1. The van der Waals surface area contributed by atoms with Crippen LogP contribution in [0.2, 0.25) is 0 Å². The first-order chi connectivity index (χ1) is 7.65. The zero-order valence-electron chi connectivity index (χ0n) is 9.10. The molecule has 3 N–H and O–H groups in total. The average molecular weight is 241 g/mol. The fourth-order valence-corrected chi connectivity index (χ4v) is 1.96. The van der Waals surface area contributed by atoms with Crippen molar-refractivity contribution in [1.82, 2.24) is 10.3 Å². The van der Waals surface area contributed by atoms with E-state index in [2.05, 4.69) is 10.3 Å². The maximum atomic E-state index is 11.9. The fraction of sp³-hybridized carbons (Fsp3) is 0.500.